The Balaban J connectivity index is 1.35. The molecule has 1 aliphatic heterocycles. The predicted octanol–water partition coefficient (Wildman–Crippen LogP) is 11.4. The summed E-state index contributed by atoms with van der Waals surface area (Å²) in [6.07, 6.45) is 8.60. The van der Waals surface area contributed by atoms with E-state index >= 15 is 0 Å². The Hall–Kier alpha value is -4.37. The van der Waals surface area contributed by atoms with Gasteiger partial charge in [0.05, 0.1) is 5.69 Å². The molecule has 1 N–H and O–H groups in total. The van der Waals surface area contributed by atoms with Gasteiger partial charge in [0.25, 0.3) is 0 Å². The van der Waals surface area contributed by atoms with E-state index in [0.717, 1.165) is 57.3 Å². The van der Waals surface area contributed by atoms with E-state index in [9.17, 15) is 0 Å². The normalized spacial score (nSPS) is 14.8. The van der Waals surface area contributed by atoms with Crippen molar-refractivity contribution in [2.24, 2.45) is 5.92 Å². The number of para-hydroxylation sites is 1. The molecular formula is C40H38N2O. The van der Waals surface area contributed by atoms with Gasteiger partial charge in [0, 0.05) is 50.6 Å². The standard InChI is InChI=1S/C40H38N2O/c1-24-30-23-33-32-22-28(40(2,3)4)14-16-37(32)43-39(33)38(24)29-11-7-8-12-34(29)42-35-15-13-27(21-31(30)35)36-20-26(17-18-41-36)19-25-9-5-6-10-25/h7-8,11-18,20-23,25,42H,5-6,9-10,19H2,1-4H3. The number of pyridine rings is 1. The lowest BCUT2D eigenvalue weighted by Gasteiger charge is -2.23. The predicted molar refractivity (Wildman–Crippen MR) is 180 cm³/mol. The molecular weight excluding hydrogens is 524 g/mol. The van der Waals surface area contributed by atoms with Crippen molar-refractivity contribution in [3.8, 4) is 33.5 Å². The first-order valence-electron chi connectivity index (χ1n) is 15.8. The van der Waals surface area contributed by atoms with Crippen molar-refractivity contribution >= 4 is 33.3 Å². The van der Waals surface area contributed by atoms with Crippen molar-refractivity contribution < 1.29 is 4.42 Å². The molecule has 0 radical (unpaired) electrons. The molecule has 2 bridgehead atoms. The minimum atomic E-state index is 0.0525. The molecule has 3 nitrogen and oxygen atoms in total. The molecule has 3 heteroatoms. The van der Waals surface area contributed by atoms with Crippen LogP contribution in [0.2, 0.25) is 0 Å². The molecule has 3 heterocycles. The van der Waals surface area contributed by atoms with Crippen molar-refractivity contribution in [3.63, 3.8) is 0 Å². The molecule has 2 aromatic heterocycles. The van der Waals surface area contributed by atoms with Crippen LogP contribution in [0, 0.1) is 12.8 Å². The number of benzene rings is 4. The maximum atomic E-state index is 6.68. The minimum absolute atomic E-state index is 0.0525. The second-order valence-corrected chi connectivity index (χ2v) is 13.7. The highest BCUT2D eigenvalue weighted by molar-refractivity contribution is 6.14. The van der Waals surface area contributed by atoms with Crippen LogP contribution in [0.4, 0.5) is 11.4 Å². The van der Waals surface area contributed by atoms with Crippen LogP contribution in [-0.4, -0.2) is 4.98 Å². The van der Waals surface area contributed by atoms with Gasteiger partial charge in [0.1, 0.15) is 11.2 Å². The molecule has 0 spiro atoms. The number of hydrogen-bond acceptors (Lipinski definition) is 3. The van der Waals surface area contributed by atoms with Gasteiger partial charge >= 0.3 is 0 Å². The summed E-state index contributed by atoms with van der Waals surface area (Å²) in [7, 11) is 0. The molecule has 6 aromatic rings. The first-order valence-corrected chi connectivity index (χ1v) is 15.8. The second kappa shape index (κ2) is 9.84. The van der Waals surface area contributed by atoms with Crippen molar-refractivity contribution in [3.05, 3.63) is 102 Å². The smallest absolute Gasteiger partial charge is 0.143 e. The number of fused-ring (bicyclic) bond motifs is 10. The number of nitrogens with one attached hydrogen (secondary N) is 1. The molecule has 214 valence electrons. The van der Waals surface area contributed by atoms with Gasteiger partial charge in [-0.05, 0) is 95.5 Å². The molecule has 2 aliphatic rings. The largest absolute Gasteiger partial charge is 0.455 e. The van der Waals surface area contributed by atoms with E-state index in [0.29, 0.717) is 0 Å². The summed E-state index contributed by atoms with van der Waals surface area (Å²) in [6, 6.07) is 28.9. The quantitative estimate of drug-likeness (QED) is 0.233. The third-order valence-electron chi connectivity index (χ3n) is 9.78. The van der Waals surface area contributed by atoms with Gasteiger partial charge in [0.2, 0.25) is 0 Å². The van der Waals surface area contributed by atoms with Crippen LogP contribution < -0.4 is 5.32 Å². The lowest BCUT2D eigenvalue weighted by atomic mass is 9.85. The Morgan fingerprint density at radius 1 is 0.814 bits per heavy atom. The summed E-state index contributed by atoms with van der Waals surface area (Å²) in [5, 5.41) is 6.13. The maximum absolute atomic E-state index is 6.68. The highest BCUT2D eigenvalue weighted by atomic mass is 16.3. The number of aromatic nitrogens is 1. The molecule has 4 aromatic carbocycles. The van der Waals surface area contributed by atoms with Crippen LogP contribution in [0.15, 0.2) is 89.5 Å². The monoisotopic (exact) mass is 562 g/mol. The van der Waals surface area contributed by atoms with Crippen LogP contribution in [0.3, 0.4) is 0 Å². The van der Waals surface area contributed by atoms with E-state index in [1.165, 1.54) is 64.3 Å². The average Bonchev–Trinajstić information content (AvgIpc) is 3.64. The average molecular weight is 563 g/mol. The Kier molecular flexibility index (Phi) is 6.01. The Morgan fingerprint density at radius 3 is 2.47 bits per heavy atom. The first-order chi connectivity index (χ1) is 20.8. The lowest BCUT2D eigenvalue weighted by Crippen LogP contribution is -2.10. The summed E-state index contributed by atoms with van der Waals surface area (Å²) >= 11 is 0. The van der Waals surface area contributed by atoms with E-state index in [1.807, 2.05) is 6.20 Å². The first kappa shape index (κ1) is 26.3. The second-order valence-electron chi connectivity index (χ2n) is 13.7. The molecule has 8 rings (SSSR count). The molecule has 1 fully saturated rings. The van der Waals surface area contributed by atoms with E-state index in [1.54, 1.807) is 0 Å². The summed E-state index contributed by atoms with van der Waals surface area (Å²) in [5.74, 6) is 0.812. The number of hydrogen-bond donors (Lipinski definition) is 1. The van der Waals surface area contributed by atoms with Gasteiger partial charge in [-0.2, -0.15) is 0 Å². The van der Waals surface area contributed by atoms with Crippen molar-refractivity contribution in [1.82, 2.24) is 4.98 Å². The molecule has 1 saturated carbocycles. The van der Waals surface area contributed by atoms with Crippen molar-refractivity contribution in [2.75, 3.05) is 5.32 Å². The Bertz CT molecular complexity index is 2030. The van der Waals surface area contributed by atoms with Crippen LogP contribution in [0.5, 0.6) is 0 Å². The van der Waals surface area contributed by atoms with E-state index in [2.05, 4.69) is 112 Å². The molecule has 0 unspecified atom stereocenters. The van der Waals surface area contributed by atoms with Crippen LogP contribution in [0.25, 0.3) is 55.4 Å². The topological polar surface area (TPSA) is 38.1 Å². The van der Waals surface area contributed by atoms with Crippen molar-refractivity contribution in [2.45, 2.75) is 65.2 Å². The molecule has 0 atom stereocenters. The third kappa shape index (κ3) is 4.45. The van der Waals surface area contributed by atoms with Crippen LogP contribution >= 0.6 is 0 Å². The van der Waals surface area contributed by atoms with Gasteiger partial charge in [0.15, 0.2) is 0 Å². The zero-order valence-corrected chi connectivity index (χ0v) is 25.6. The molecule has 43 heavy (non-hydrogen) atoms. The Morgan fingerprint density at radius 2 is 1.63 bits per heavy atom. The fourth-order valence-corrected chi connectivity index (χ4v) is 7.37. The van der Waals surface area contributed by atoms with Crippen LogP contribution in [0.1, 0.15) is 63.1 Å². The van der Waals surface area contributed by atoms with Crippen LogP contribution in [-0.2, 0) is 11.8 Å². The van der Waals surface area contributed by atoms with E-state index in [-0.39, 0.29) is 5.41 Å². The molecule has 0 amide bonds. The van der Waals surface area contributed by atoms with Gasteiger partial charge < -0.3 is 9.73 Å². The Labute approximate surface area is 254 Å². The third-order valence-corrected chi connectivity index (χ3v) is 9.78. The SMILES string of the molecule is Cc1c2cc3c(oc4ccc(C(C)(C)C)cc43)c1-c1ccccc1Nc1ccc(-c3cc(CC4CCCC4)ccn3)cc1-2. The zero-order valence-electron chi connectivity index (χ0n) is 25.6. The minimum Gasteiger partial charge on any atom is -0.455 e. The summed E-state index contributed by atoms with van der Waals surface area (Å²) in [6.45, 7) is 9.06. The lowest BCUT2D eigenvalue weighted by molar-refractivity contribution is 0.546. The molecule has 0 saturated heterocycles. The zero-order chi connectivity index (χ0) is 29.3. The highest BCUT2D eigenvalue weighted by Crippen LogP contribution is 2.49. The van der Waals surface area contributed by atoms with Gasteiger partial charge in [-0.1, -0.05) is 76.8 Å². The van der Waals surface area contributed by atoms with Crippen molar-refractivity contribution in [1.29, 1.82) is 0 Å². The maximum Gasteiger partial charge on any atom is 0.143 e. The summed E-state index contributed by atoms with van der Waals surface area (Å²) < 4.78 is 6.68. The van der Waals surface area contributed by atoms with E-state index in [4.69, 9.17) is 9.40 Å². The fraction of sp³-hybridized carbons (Fsp3) is 0.275. The molecule has 1 aliphatic carbocycles. The van der Waals surface area contributed by atoms with E-state index < -0.39 is 0 Å². The van der Waals surface area contributed by atoms with Gasteiger partial charge in [-0.25, -0.2) is 0 Å². The number of furan rings is 1. The number of anilines is 2. The fourth-order valence-electron chi connectivity index (χ4n) is 7.37. The number of rotatable bonds is 3. The summed E-state index contributed by atoms with van der Waals surface area (Å²) in [4.78, 5) is 4.84. The number of nitrogens with zero attached hydrogens (tertiary/aromatic N) is 1. The van der Waals surface area contributed by atoms with Gasteiger partial charge in [-0.3, -0.25) is 4.98 Å². The summed E-state index contributed by atoms with van der Waals surface area (Å²) in [5.41, 5.74) is 15.0. The van der Waals surface area contributed by atoms with Gasteiger partial charge in [-0.15, -0.1) is 0 Å². The highest BCUT2D eigenvalue weighted by Gasteiger charge is 2.25.